The number of aliphatic carboxylic acids is 1. The lowest BCUT2D eigenvalue weighted by atomic mass is 10.3. The lowest BCUT2D eigenvalue weighted by Gasteiger charge is -2.23. The van der Waals surface area contributed by atoms with Crippen molar-refractivity contribution in [1.29, 1.82) is 0 Å². The summed E-state index contributed by atoms with van der Waals surface area (Å²) in [5, 5.41) is 20.1. The second-order valence-corrected chi connectivity index (χ2v) is 7.88. The Morgan fingerprint density at radius 1 is 1.28 bits per heavy atom. The van der Waals surface area contributed by atoms with E-state index in [1.807, 2.05) is 0 Å². The lowest BCUT2D eigenvalue weighted by molar-refractivity contribution is -0.385. The number of carboxylic acids is 1. The Morgan fingerprint density at radius 3 is 2.52 bits per heavy atom. The number of nitro benzene ring substituents is 1. The van der Waals surface area contributed by atoms with Gasteiger partial charge in [0.05, 0.1) is 20.5 Å². The van der Waals surface area contributed by atoms with Crippen LogP contribution in [0.4, 0.5) is 11.4 Å². The van der Waals surface area contributed by atoms with Crippen molar-refractivity contribution in [3.63, 3.8) is 0 Å². The number of nitro groups is 1. The summed E-state index contributed by atoms with van der Waals surface area (Å²) < 4.78 is 26.8. The molecular weight excluding hydrogens is 440 g/mol. The fourth-order valence-corrected chi connectivity index (χ4v) is 3.83. The number of carboxylic acid groups (broad SMARTS) is 1. The largest absolute Gasteiger partial charge is 0.480 e. The van der Waals surface area contributed by atoms with Crippen LogP contribution in [-0.4, -0.2) is 31.0 Å². The van der Waals surface area contributed by atoms with Crippen molar-refractivity contribution >= 4 is 54.9 Å². The molecule has 11 heteroatoms. The summed E-state index contributed by atoms with van der Waals surface area (Å²) in [4.78, 5) is 20.9. The number of carbonyl (C=O) groups is 1. The normalized spacial score (nSPS) is 11.1. The van der Waals surface area contributed by atoms with Gasteiger partial charge in [-0.2, -0.15) is 0 Å². The Kier molecular flexibility index (Phi) is 5.65. The van der Waals surface area contributed by atoms with Crippen LogP contribution in [-0.2, 0) is 14.8 Å². The molecule has 2 rings (SSSR count). The molecule has 1 N–H and O–H groups in total. The highest BCUT2D eigenvalue weighted by Gasteiger charge is 2.28. The van der Waals surface area contributed by atoms with Gasteiger partial charge in [0, 0.05) is 16.6 Å². The quantitative estimate of drug-likeness (QED) is 0.534. The summed E-state index contributed by atoms with van der Waals surface area (Å²) in [6, 6.07) is 8.48. The van der Waals surface area contributed by atoms with Gasteiger partial charge >= 0.3 is 5.97 Å². The molecule has 0 unspecified atom stereocenters. The van der Waals surface area contributed by atoms with Crippen LogP contribution in [0.5, 0.6) is 0 Å². The van der Waals surface area contributed by atoms with Crippen molar-refractivity contribution in [2.75, 3.05) is 10.8 Å². The Balaban J connectivity index is 2.59. The summed E-state index contributed by atoms with van der Waals surface area (Å²) in [5.41, 5.74) is -0.410. The van der Waals surface area contributed by atoms with Gasteiger partial charge in [0.15, 0.2) is 0 Å². The van der Waals surface area contributed by atoms with Crippen LogP contribution >= 0.6 is 27.5 Å². The van der Waals surface area contributed by atoms with Gasteiger partial charge < -0.3 is 5.11 Å². The number of halogens is 2. The maximum absolute atomic E-state index is 12.8. The average Bonchev–Trinajstić information content (AvgIpc) is 2.55. The van der Waals surface area contributed by atoms with Crippen molar-refractivity contribution < 1.29 is 23.2 Å². The van der Waals surface area contributed by atoms with E-state index in [9.17, 15) is 23.3 Å². The van der Waals surface area contributed by atoms with Crippen molar-refractivity contribution in [3.8, 4) is 0 Å². The number of anilines is 1. The van der Waals surface area contributed by atoms with E-state index in [1.54, 1.807) is 0 Å². The summed E-state index contributed by atoms with van der Waals surface area (Å²) in [5.74, 6) is -1.40. The molecule has 0 saturated heterocycles. The summed E-state index contributed by atoms with van der Waals surface area (Å²) in [6.07, 6.45) is 0. The van der Waals surface area contributed by atoms with Gasteiger partial charge in [-0.15, -0.1) is 0 Å². The predicted octanol–water partition coefficient (Wildman–Crippen LogP) is 3.29. The van der Waals surface area contributed by atoms with Crippen LogP contribution in [0.1, 0.15) is 0 Å². The minimum Gasteiger partial charge on any atom is -0.480 e. The van der Waals surface area contributed by atoms with Crippen LogP contribution in [0.25, 0.3) is 0 Å². The minimum atomic E-state index is -4.36. The van der Waals surface area contributed by atoms with Gasteiger partial charge in [0.1, 0.15) is 6.54 Å². The SMILES string of the molecule is O=C(O)CN(c1ccc(Br)c(Cl)c1)S(=O)(=O)c1cccc([N+](=O)[O-])c1. The molecule has 2 aromatic carbocycles. The fourth-order valence-electron chi connectivity index (χ4n) is 1.96. The molecule has 0 aliphatic heterocycles. The lowest BCUT2D eigenvalue weighted by Crippen LogP contribution is -2.35. The number of non-ortho nitro benzene ring substituents is 1. The Hall–Kier alpha value is -2.17. The number of sulfonamides is 1. The van der Waals surface area contributed by atoms with Crippen molar-refractivity contribution in [1.82, 2.24) is 0 Å². The van der Waals surface area contributed by atoms with Crippen LogP contribution < -0.4 is 4.31 Å². The molecular formula is C14H10BrClN2O6S. The summed E-state index contributed by atoms with van der Waals surface area (Å²) >= 11 is 9.11. The van der Waals surface area contributed by atoms with Gasteiger partial charge in [-0.05, 0) is 40.2 Å². The van der Waals surface area contributed by atoms with Gasteiger partial charge in [-0.25, -0.2) is 8.42 Å². The molecule has 8 nitrogen and oxygen atoms in total. The fraction of sp³-hybridized carbons (Fsp3) is 0.0714. The zero-order valence-corrected chi connectivity index (χ0v) is 15.5. The first-order valence-corrected chi connectivity index (χ1v) is 9.18. The molecule has 0 radical (unpaired) electrons. The number of rotatable bonds is 6. The monoisotopic (exact) mass is 448 g/mol. The molecule has 0 bridgehead atoms. The molecule has 25 heavy (non-hydrogen) atoms. The smallest absolute Gasteiger partial charge is 0.324 e. The molecule has 2 aromatic rings. The van der Waals surface area contributed by atoms with E-state index in [0.717, 1.165) is 18.2 Å². The maximum atomic E-state index is 12.8. The molecule has 132 valence electrons. The Labute approximate surface area is 156 Å². The zero-order chi connectivity index (χ0) is 18.8. The standard InChI is InChI=1S/C14H10BrClN2O6S/c15-12-5-4-9(7-13(12)16)17(8-14(19)20)25(23,24)11-3-1-2-10(6-11)18(21)22/h1-7H,8H2,(H,19,20). The summed E-state index contributed by atoms with van der Waals surface area (Å²) in [6.45, 7) is -0.872. The average molecular weight is 450 g/mol. The van der Waals surface area contributed by atoms with Crippen LogP contribution in [0.2, 0.25) is 5.02 Å². The van der Waals surface area contributed by atoms with Gasteiger partial charge in [-0.3, -0.25) is 19.2 Å². The summed E-state index contributed by atoms with van der Waals surface area (Å²) in [7, 11) is -4.36. The van der Waals surface area contributed by atoms with E-state index in [2.05, 4.69) is 15.9 Å². The molecule has 0 saturated carbocycles. The van der Waals surface area contributed by atoms with E-state index in [-0.39, 0.29) is 10.7 Å². The maximum Gasteiger partial charge on any atom is 0.324 e. The van der Waals surface area contributed by atoms with Crippen molar-refractivity contribution in [3.05, 3.63) is 62.1 Å². The highest BCUT2D eigenvalue weighted by atomic mass is 79.9. The number of nitrogens with zero attached hydrogens (tertiary/aromatic N) is 2. The second-order valence-electron chi connectivity index (χ2n) is 4.76. The van der Waals surface area contributed by atoms with E-state index in [1.165, 1.54) is 24.3 Å². The molecule has 0 heterocycles. The van der Waals surface area contributed by atoms with Crippen LogP contribution in [0, 0.1) is 10.1 Å². The minimum absolute atomic E-state index is 0.0158. The van der Waals surface area contributed by atoms with Gasteiger partial charge in [0.2, 0.25) is 0 Å². The first-order valence-electron chi connectivity index (χ1n) is 6.57. The Bertz CT molecular complexity index is 950. The first kappa shape index (κ1) is 19.2. The topological polar surface area (TPSA) is 118 Å². The third-order valence-corrected chi connectivity index (χ3v) is 6.09. The highest BCUT2D eigenvalue weighted by Crippen LogP contribution is 2.31. The van der Waals surface area contributed by atoms with E-state index < -0.39 is 38.0 Å². The van der Waals surface area contributed by atoms with Crippen molar-refractivity contribution in [2.45, 2.75) is 4.90 Å². The Morgan fingerprint density at radius 2 is 1.96 bits per heavy atom. The van der Waals surface area contributed by atoms with Crippen LogP contribution in [0.3, 0.4) is 0 Å². The number of benzene rings is 2. The third-order valence-electron chi connectivity index (χ3n) is 3.09. The van der Waals surface area contributed by atoms with Gasteiger partial charge in [0.25, 0.3) is 15.7 Å². The van der Waals surface area contributed by atoms with Gasteiger partial charge in [-0.1, -0.05) is 17.7 Å². The van der Waals surface area contributed by atoms with Crippen LogP contribution in [0.15, 0.2) is 51.8 Å². The van der Waals surface area contributed by atoms with E-state index >= 15 is 0 Å². The second kappa shape index (κ2) is 7.38. The number of hydrogen-bond acceptors (Lipinski definition) is 5. The molecule has 0 aliphatic carbocycles. The number of hydrogen-bond donors (Lipinski definition) is 1. The molecule has 0 atom stereocenters. The third kappa shape index (κ3) is 4.27. The molecule has 0 fully saturated rings. The highest BCUT2D eigenvalue weighted by molar-refractivity contribution is 9.10. The van der Waals surface area contributed by atoms with E-state index in [0.29, 0.717) is 8.78 Å². The predicted molar refractivity (Wildman–Crippen MR) is 94.4 cm³/mol. The molecule has 0 aromatic heterocycles. The molecule has 0 spiro atoms. The van der Waals surface area contributed by atoms with Crippen molar-refractivity contribution in [2.24, 2.45) is 0 Å². The zero-order valence-electron chi connectivity index (χ0n) is 12.3. The molecule has 0 aliphatic rings. The van der Waals surface area contributed by atoms with E-state index in [4.69, 9.17) is 16.7 Å². The molecule has 0 amide bonds. The first-order chi connectivity index (χ1) is 11.6.